The SMILES string of the molecule is CCOC(=O)C1c2ccccc2CN1C1CC1. The molecule has 0 bridgehead atoms. The van der Waals surface area contributed by atoms with Gasteiger partial charge in [0, 0.05) is 12.6 Å². The average molecular weight is 231 g/mol. The number of rotatable bonds is 3. The predicted octanol–water partition coefficient (Wildman–Crippen LogP) is 2.27. The summed E-state index contributed by atoms with van der Waals surface area (Å²) in [5.41, 5.74) is 2.41. The van der Waals surface area contributed by atoms with Gasteiger partial charge in [-0.05, 0) is 30.9 Å². The maximum Gasteiger partial charge on any atom is 0.328 e. The van der Waals surface area contributed by atoms with E-state index in [1.807, 2.05) is 19.1 Å². The van der Waals surface area contributed by atoms with Crippen molar-refractivity contribution in [1.29, 1.82) is 0 Å². The van der Waals surface area contributed by atoms with Gasteiger partial charge in [0.2, 0.25) is 0 Å². The Balaban J connectivity index is 1.92. The Morgan fingerprint density at radius 1 is 1.41 bits per heavy atom. The predicted molar refractivity (Wildman–Crippen MR) is 64.4 cm³/mol. The molecule has 0 saturated heterocycles. The summed E-state index contributed by atoms with van der Waals surface area (Å²) in [4.78, 5) is 14.4. The van der Waals surface area contributed by atoms with E-state index >= 15 is 0 Å². The van der Waals surface area contributed by atoms with Crippen LogP contribution in [0.1, 0.15) is 36.9 Å². The molecule has 1 aliphatic carbocycles. The van der Waals surface area contributed by atoms with Gasteiger partial charge in [-0.1, -0.05) is 24.3 Å². The Kier molecular flexibility index (Phi) is 2.63. The number of carbonyl (C=O) groups excluding carboxylic acids is 1. The molecule has 90 valence electrons. The van der Waals surface area contributed by atoms with Crippen molar-refractivity contribution in [2.75, 3.05) is 6.61 Å². The third-order valence-electron chi connectivity index (χ3n) is 3.56. The molecule has 0 amide bonds. The molecule has 1 aliphatic heterocycles. The molecule has 0 spiro atoms. The number of ether oxygens (including phenoxy) is 1. The van der Waals surface area contributed by atoms with Crippen LogP contribution in [0.4, 0.5) is 0 Å². The third-order valence-corrected chi connectivity index (χ3v) is 3.56. The summed E-state index contributed by atoms with van der Waals surface area (Å²) in [6, 6.07) is 8.62. The Morgan fingerprint density at radius 3 is 2.88 bits per heavy atom. The fourth-order valence-corrected chi connectivity index (χ4v) is 2.64. The lowest BCUT2D eigenvalue weighted by Gasteiger charge is -2.22. The minimum absolute atomic E-state index is 0.0932. The van der Waals surface area contributed by atoms with E-state index in [2.05, 4.69) is 17.0 Å². The molecule has 0 aromatic heterocycles. The van der Waals surface area contributed by atoms with Crippen LogP contribution in [0.25, 0.3) is 0 Å². The van der Waals surface area contributed by atoms with Crippen LogP contribution in [-0.2, 0) is 16.1 Å². The van der Waals surface area contributed by atoms with Crippen LogP contribution in [0, 0.1) is 0 Å². The number of carbonyl (C=O) groups is 1. The summed E-state index contributed by atoms with van der Waals surface area (Å²) in [6.07, 6.45) is 2.42. The van der Waals surface area contributed by atoms with E-state index in [1.165, 1.54) is 18.4 Å². The Bertz CT molecular complexity index is 440. The summed E-state index contributed by atoms with van der Waals surface area (Å²) >= 11 is 0. The van der Waals surface area contributed by atoms with Crippen molar-refractivity contribution < 1.29 is 9.53 Å². The number of fused-ring (bicyclic) bond motifs is 1. The van der Waals surface area contributed by atoms with E-state index in [4.69, 9.17) is 4.74 Å². The van der Waals surface area contributed by atoms with Gasteiger partial charge in [0.15, 0.2) is 0 Å². The van der Waals surface area contributed by atoms with Crippen LogP contribution in [0.2, 0.25) is 0 Å². The topological polar surface area (TPSA) is 29.5 Å². The highest BCUT2D eigenvalue weighted by molar-refractivity contribution is 5.79. The quantitative estimate of drug-likeness (QED) is 0.747. The molecule has 1 unspecified atom stereocenters. The summed E-state index contributed by atoms with van der Waals surface area (Å²) in [5, 5.41) is 0. The van der Waals surface area contributed by atoms with Gasteiger partial charge in [0.05, 0.1) is 6.61 Å². The van der Waals surface area contributed by atoms with Crippen molar-refractivity contribution in [3.05, 3.63) is 35.4 Å². The monoisotopic (exact) mass is 231 g/mol. The second-order valence-corrected chi connectivity index (χ2v) is 4.76. The molecule has 1 aromatic rings. The highest BCUT2D eigenvalue weighted by atomic mass is 16.5. The number of nitrogens with zero attached hydrogens (tertiary/aromatic N) is 1. The van der Waals surface area contributed by atoms with Gasteiger partial charge in [-0.3, -0.25) is 4.90 Å². The maximum absolute atomic E-state index is 12.1. The fourth-order valence-electron chi connectivity index (χ4n) is 2.64. The van der Waals surface area contributed by atoms with Crippen LogP contribution >= 0.6 is 0 Å². The zero-order valence-corrected chi connectivity index (χ0v) is 10.1. The normalized spacial score (nSPS) is 23.5. The van der Waals surface area contributed by atoms with Crippen molar-refractivity contribution >= 4 is 5.97 Å². The number of hydrogen-bond acceptors (Lipinski definition) is 3. The molecule has 0 radical (unpaired) electrons. The summed E-state index contributed by atoms with van der Waals surface area (Å²) in [5.74, 6) is -0.0932. The highest BCUT2D eigenvalue weighted by Gasteiger charge is 2.43. The molecule has 1 aromatic carbocycles. The van der Waals surface area contributed by atoms with Gasteiger partial charge in [0.25, 0.3) is 0 Å². The summed E-state index contributed by atoms with van der Waals surface area (Å²) < 4.78 is 5.21. The first-order chi connectivity index (χ1) is 8.31. The zero-order valence-electron chi connectivity index (χ0n) is 10.1. The molecule has 1 heterocycles. The molecule has 17 heavy (non-hydrogen) atoms. The molecule has 1 saturated carbocycles. The minimum atomic E-state index is -0.168. The van der Waals surface area contributed by atoms with Crippen molar-refractivity contribution in [3.63, 3.8) is 0 Å². The third kappa shape index (κ3) is 1.84. The standard InChI is InChI=1S/C14H17NO2/c1-2-17-14(16)13-12-6-4-3-5-10(12)9-15(13)11-7-8-11/h3-6,11,13H,2,7-9H2,1H3. The summed E-state index contributed by atoms with van der Waals surface area (Å²) in [7, 11) is 0. The van der Waals surface area contributed by atoms with Crippen molar-refractivity contribution in [3.8, 4) is 0 Å². The van der Waals surface area contributed by atoms with Crippen molar-refractivity contribution in [1.82, 2.24) is 4.90 Å². The first-order valence-corrected chi connectivity index (χ1v) is 6.31. The number of hydrogen-bond donors (Lipinski definition) is 0. The first kappa shape index (κ1) is 10.8. The van der Waals surface area contributed by atoms with Gasteiger partial charge in [0.1, 0.15) is 6.04 Å². The van der Waals surface area contributed by atoms with Gasteiger partial charge >= 0.3 is 5.97 Å². The van der Waals surface area contributed by atoms with E-state index in [9.17, 15) is 4.79 Å². The molecule has 3 nitrogen and oxygen atoms in total. The largest absolute Gasteiger partial charge is 0.465 e. The Hall–Kier alpha value is -1.35. The van der Waals surface area contributed by atoms with Crippen LogP contribution in [0.3, 0.4) is 0 Å². The smallest absolute Gasteiger partial charge is 0.328 e. The molecule has 3 heteroatoms. The van der Waals surface area contributed by atoms with Crippen LogP contribution < -0.4 is 0 Å². The average Bonchev–Trinajstić information content (AvgIpc) is 3.09. The number of esters is 1. The van der Waals surface area contributed by atoms with E-state index in [-0.39, 0.29) is 12.0 Å². The molecule has 2 aliphatic rings. The molecule has 1 fully saturated rings. The molecular formula is C14H17NO2. The van der Waals surface area contributed by atoms with Crippen LogP contribution in [0.5, 0.6) is 0 Å². The van der Waals surface area contributed by atoms with Crippen molar-refractivity contribution in [2.24, 2.45) is 0 Å². The van der Waals surface area contributed by atoms with E-state index in [0.717, 1.165) is 12.1 Å². The van der Waals surface area contributed by atoms with Gasteiger partial charge in [-0.25, -0.2) is 4.79 Å². The zero-order chi connectivity index (χ0) is 11.8. The van der Waals surface area contributed by atoms with Gasteiger partial charge in [-0.15, -0.1) is 0 Å². The lowest BCUT2D eigenvalue weighted by molar-refractivity contribution is -0.149. The fraction of sp³-hybridized carbons (Fsp3) is 0.500. The second-order valence-electron chi connectivity index (χ2n) is 4.76. The second kappa shape index (κ2) is 4.15. The minimum Gasteiger partial charge on any atom is -0.465 e. The maximum atomic E-state index is 12.1. The van der Waals surface area contributed by atoms with Gasteiger partial charge < -0.3 is 4.74 Å². The van der Waals surface area contributed by atoms with E-state index in [1.54, 1.807) is 0 Å². The first-order valence-electron chi connectivity index (χ1n) is 6.31. The Morgan fingerprint density at radius 2 is 2.18 bits per heavy atom. The molecule has 1 atom stereocenters. The number of benzene rings is 1. The molecule has 3 rings (SSSR count). The highest BCUT2D eigenvalue weighted by Crippen LogP contribution is 2.42. The van der Waals surface area contributed by atoms with Crippen molar-refractivity contribution in [2.45, 2.75) is 38.4 Å². The van der Waals surface area contributed by atoms with Crippen LogP contribution in [-0.4, -0.2) is 23.5 Å². The lowest BCUT2D eigenvalue weighted by atomic mass is 10.1. The summed E-state index contributed by atoms with van der Waals surface area (Å²) in [6.45, 7) is 3.21. The molecular weight excluding hydrogens is 214 g/mol. The Labute approximate surface area is 101 Å². The van der Waals surface area contributed by atoms with Crippen LogP contribution in [0.15, 0.2) is 24.3 Å². The van der Waals surface area contributed by atoms with E-state index < -0.39 is 0 Å². The molecule has 0 N–H and O–H groups in total. The van der Waals surface area contributed by atoms with Gasteiger partial charge in [-0.2, -0.15) is 0 Å². The van der Waals surface area contributed by atoms with E-state index in [0.29, 0.717) is 12.6 Å². The lowest BCUT2D eigenvalue weighted by Crippen LogP contribution is -2.31.